The molecule has 1 aromatic heterocycles. The molecule has 192 valence electrons. The molecule has 1 aromatic carbocycles. The number of amides is 2. The molecule has 3 fully saturated rings. The van der Waals surface area contributed by atoms with Gasteiger partial charge >= 0.3 is 0 Å². The zero-order valence-corrected chi connectivity index (χ0v) is 21.8. The van der Waals surface area contributed by atoms with E-state index in [1.54, 1.807) is 18.9 Å². The Morgan fingerprint density at radius 3 is 2.75 bits per heavy atom. The van der Waals surface area contributed by atoms with E-state index in [2.05, 4.69) is 5.32 Å². The zero-order valence-electron chi connectivity index (χ0n) is 21.0. The Balaban J connectivity index is 1.39. The molecule has 2 heterocycles. The van der Waals surface area contributed by atoms with Crippen molar-refractivity contribution in [1.82, 2.24) is 10.2 Å². The molecule has 0 radical (unpaired) electrons. The number of Topliss-reactive ketones (excluding diaryl/α,β-unsaturated/α-hetero) is 2. The normalized spacial score (nSPS) is 26.3. The standard InChI is InChI=1S/C28H34N2O5S/c1-3-21(31)20(13-16-7-5-10-22(16)32)29-27(33)26-18-9-4-8-17(18)15-30(26)28(34)25-14-19-23(35-2)11-6-12-24(19)36-25/h6,11-12,14,16-18,20,26H,3-5,7-10,13,15H2,1-2H3,(H,29,33)/t16-,17-,18-,20-,26-/m0/s1. The van der Waals surface area contributed by atoms with Crippen LogP contribution in [0, 0.1) is 17.8 Å². The highest BCUT2D eigenvalue weighted by molar-refractivity contribution is 7.20. The summed E-state index contributed by atoms with van der Waals surface area (Å²) in [4.78, 5) is 54.8. The Kier molecular flexibility index (Phi) is 7.15. The van der Waals surface area contributed by atoms with Crippen LogP contribution in [0.2, 0.25) is 0 Å². The summed E-state index contributed by atoms with van der Waals surface area (Å²) < 4.78 is 6.43. The summed E-state index contributed by atoms with van der Waals surface area (Å²) in [6.45, 7) is 2.34. The summed E-state index contributed by atoms with van der Waals surface area (Å²) in [6.07, 6.45) is 5.80. The lowest BCUT2D eigenvalue weighted by atomic mass is 9.91. The highest BCUT2D eigenvalue weighted by atomic mass is 32.1. The minimum absolute atomic E-state index is 0.0569. The number of hydrogen-bond acceptors (Lipinski definition) is 6. The van der Waals surface area contributed by atoms with Gasteiger partial charge < -0.3 is 15.0 Å². The van der Waals surface area contributed by atoms with Crippen LogP contribution in [0.15, 0.2) is 24.3 Å². The number of carbonyl (C=O) groups is 4. The van der Waals surface area contributed by atoms with Gasteiger partial charge in [0.15, 0.2) is 5.78 Å². The van der Waals surface area contributed by atoms with Crippen molar-refractivity contribution < 1.29 is 23.9 Å². The second-order valence-electron chi connectivity index (χ2n) is 10.4. The first-order valence-corrected chi connectivity index (χ1v) is 14.0. The van der Waals surface area contributed by atoms with Crippen LogP contribution in [0.1, 0.15) is 68.0 Å². The van der Waals surface area contributed by atoms with Gasteiger partial charge in [-0.25, -0.2) is 0 Å². The molecular weight excluding hydrogens is 476 g/mol. The molecule has 0 bridgehead atoms. The number of nitrogens with one attached hydrogen (secondary N) is 1. The number of ether oxygens (including phenoxy) is 1. The number of ketones is 2. The third-order valence-electron chi connectivity index (χ3n) is 8.38. The molecular formula is C28H34N2O5S. The van der Waals surface area contributed by atoms with Crippen LogP contribution < -0.4 is 10.1 Å². The first-order chi connectivity index (χ1) is 17.4. The van der Waals surface area contributed by atoms with Crippen molar-refractivity contribution >= 4 is 44.8 Å². The Morgan fingerprint density at radius 1 is 1.19 bits per heavy atom. The fraction of sp³-hybridized carbons (Fsp3) is 0.571. The van der Waals surface area contributed by atoms with E-state index >= 15 is 0 Å². The van der Waals surface area contributed by atoms with Crippen LogP contribution in [-0.2, 0) is 14.4 Å². The van der Waals surface area contributed by atoms with Crippen molar-refractivity contribution in [3.05, 3.63) is 29.1 Å². The molecule has 8 heteroatoms. The average molecular weight is 511 g/mol. The lowest BCUT2D eigenvalue weighted by molar-refractivity contribution is -0.131. The Morgan fingerprint density at radius 2 is 2.03 bits per heavy atom. The third kappa shape index (κ3) is 4.56. The van der Waals surface area contributed by atoms with Crippen LogP contribution in [0.3, 0.4) is 0 Å². The topological polar surface area (TPSA) is 92.8 Å². The van der Waals surface area contributed by atoms with Crippen LogP contribution in [0.4, 0.5) is 0 Å². The summed E-state index contributed by atoms with van der Waals surface area (Å²) in [5.41, 5.74) is 0. The van der Waals surface area contributed by atoms with E-state index in [0.29, 0.717) is 36.6 Å². The van der Waals surface area contributed by atoms with Gasteiger partial charge in [-0.15, -0.1) is 11.3 Å². The van der Waals surface area contributed by atoms with Crippen LogP contribution in [0.25, 0.3) is 10.1 Å². The van der Waals surface area contributed by atoms with Crippen molar-refractivity contribution in [2.75, 3.05) is 13.7 Å². The molecule has 2 aliphatic carbocycles. The minimum Gasteiger partial charge on any atom is -0.496 e. The van der Waals surface area contributed by atoms with E-state index in [1.807, 2.05) is 24.3 Å². The molecule has 5 rings (SSSR count). The SMILES string of the molecule is CCC(=O)[C@H](C[C@@H]1CCCC1=O)NC(=O)[C@@H]1[C@H]2CCC[C@H]2CN1C(=O)c1cc2c(OC)cccc2s1. The minimum atomic E-state index is -0.680. The van der Waals surface area contributed by atoms with E-state index < -0.39 is 12.1 Å². The second-order valence-corrected chi connectivity index (χ2v) is 11.5. The van der Waals surface area contributed by atoms with Gasteiger partial charge in [0.05, 0.1) is 18.0 Å². The van der Waals surface area contributed by atoms with Crippen molar-refractivity contribution in [1.29, 1.82) is 0 Å². The number of carbonyl (C=O) groups excluding carboxylic acids is 4. The first kappa shape index (κ1) is 24.9. The first-order valence-electron chi connectivity index (χ1n) is 13.1. The number of methoxy groups -OCH3 is 1. The van der Waals surface area contributed by atoms with E-state index in [9.17, 15) is 19.2 Å². The van der Waals surface area contributed by atoms with Crippen molar-refractivity contribution in [3.8, 4) is 5.75 Å². The van der Waals surface area contributed by atoms with Crippen LogP contribution in [-0.4, -0.2) is 54.0 Å². The number of nitrogens with zero attached hydrogens (tertiary/aromatic N) is 1. The summed E-state index contributed by atoms with van der Waals surface area (Å²) in [5, 5.41) is 3.89. The number of hydrogen-bond donors (Lipinski definition) is 1. The van der Waals surface area contributed by atoms with Gasteiger partial charge in [0.25, 0.3) is 5.91 Å². The van der Waals surface area contributed by atoms with Gasteiger partial charge in [-0.1, -0.05) is 19.4 Å². The molecule has 5 atom stereocenters. The molecule has 1 saturated heterocycles. The summed E-state index contributed by atoms with van der Waals surface area (Å²) >= 11 is 1.41. The lowest BCUT2D eigenvalue weighted by Crippen LogP contribution is -2.53. The molecule has 2 aromatic rings. The van der Waals surface area contributed by atoms with Gasteiger partial charge in [0, 0.05) is 35.4 Å². The maximum Gasteiger partial charge on any atom is 0.264 e. The van der Waals surface area contributed by atoms with E-state index in [4.69, 9.17) is 4.74 Å². The van der Waals surface area contributed by atoms with Crippen molar-refractivity contribution in [2.45, 2.75) is 70.4 Å². The molecule has 1 aliphatic heterocycles. The molecule has 1 N–H and O–H groups in total. The fourth-order valence-electron chi connectivity index (χ4n) is 6.51. The van der Waals surface area contributed by atoms with E-state index in [0.717, 1.165) is 47.9 Å². The Bertz CT molecular complexity index is 1190. The monoisotopic (exact) mass is 510 g/mol. The largest absolute Gasteiger partial charge is 0.496 e. The van der Waals surface area contributed by atoms with Crippen LogP contribution in [0.5, 0.6) is 5.75 Å². The fourth-order valence-corrected chi connectivity index (χ4v) is 7.54. The summed E-state index contributed by atoms with van der Waals surface area (Å²) in [5.74, 6) is 0.683. The molecule has 3 aliphatic rings. The predicted molar refractivity (Wildman–Crippen MR) is 138 cm³/mol. The van der Waals surface area contributed by atoms with E-state index in [1.165, 1.54) is 11.3 Å². The molecule has 0 spiro atoms. The molecule has 0 unspecified atom stereocenters. The van der Waals surface area contributed by atoms with Gasteiger partial charge in [0.1, 0.15) is 17.6 Å². The number of thiophene rings is 1. The highest BCUT2D eigenvalue weighted by Crippen LogP contribution is 2.44. The maximum absolute atomic E-state index is 13.8. The second kappa shape index (κ2) is 10.3. The summed E-state index contributed by atoms with van der Waals surface area (Å²) in [6, 6.07) is 6.33. The quantitative estimate of drug-likeness (QED) is 0.569. The number of benzene rings is 1. The number of rotatable bonds is 8. The lowest BCUT2D eigenvalue weighted by Gasteiger charge is -2.29. The van der Waals surface area contributed by atoms with Gasteiger partial charge in [-0.05, 0) is 62.1 Å². The zero-order chi connectivity index (χ0) is 25.4. The number of fused-ring (bicyclic) bond motifs is 2. The van der Waals surface area contributed by atoms with Gasteiger partial charge in [0.2, 0.25) is 5.91 Å². The molecule has 2 saturated carbocycles. The van der Waals surface area contributed by atoms with E-state index in [-0.39, 0.29) is 35.2 Å². The van der Waals surface area contributed by atoms with Crippen molar-refractivity contribution in [2.24, 2.45) is 17.8 Å². The van der Waals surface area contributed by atoms with Crippen molar-refractivity contribution in [3.63, 3.8) is 0 Å². The third-order valence-corrected chi connectivity index (χ3v) is 9.47. The molecule has 36 heavy (non-hydrogen) atoms. The number of likely N-dealkylation sites (tertiary alicyclic amines) is 1. The van der Waals surface area contributed by atoms with Gasteiger partial charge in [-0.2, -0.15) is 0 Å². The van der Waals surface area contributed by atoms with Gasteiger partial charge in [-0.3, -0.25) is 19.2 Å². The van der Waals surface area contributed by atoms with Crippen LogP contribution >= 0.6 is 11.3 Å². The Hall–Kier alpha value is -2.74. The summed E-state index contributed by atoms with van der Waals surface area (Å²) in [7, 11) is 1.61. The molecule has 2 amide bonds. The molecule has 7 nitrogen and oxygen atoms in total. The smallest absolute Gasteiger partial charge is 0.264 e. The average Bonchev–Trinajstić information content (AvgIpc) is 3.66. The highest BCUT2D eigenvalue weighted by Gasteiger charge is 2.50. The maximum atomic E-state index is 13.8. The Labute approximate surface area is 215 Å². The predicted octanol–water partition coefficient (Wildman–Crippen LogP) is 4.37.